The van der Waals surface area contributed by atoms with E-state index in [1.165, 1.54) is 12.1 Å². The third kappa shape index (κ3) is 2.15. The lowest BCUT2D eigenvalue weighted by atomic mass is 10.0. The monoisotopic (exact) mass is 315 g/mol. The van der Waals surface area contributed by atoms with Crippen molar-refractivity contribution in [3.8, 4) is 0 Å². The Morgan fingerprint density at radius 3 is 2.39 bits per heavy atom. The van der Waals surface area contributed by atoms with E-state index in [4.69, 9.17) is 0 Å². The molecule has 2 heterocycles. The van der Waals surface area contributed by atoms with E-state index < -0.39 is 11.7 Å². The summed E-state index contributed by atoms with van der Waals surface area (Å²) >= 11 is 0. The molecule has 0 radical (unpaired) electrons. The van der Waals surface area contributed by atoms with Gasteiger partial charge >= 0.3 is 6.18 Å². The number of alkyl halides is 3. The van der Waals surface area contributed by atoms with Crippen LogP contribution in [0.5, 0.6) is 0 Å². The van der Waals surface area contributed by atoms with E-state index >= 15 is 0 Å². The van der Waals surface area contributed by atoms with Crippen LogP contribution in [-0.4, -0.2) is 10.4 Å². The standard InChI is InChI=1S/C18H12F3NO/c19-18(20,21)13-7-5-11(6-8-13)15-10-17(23)16-9-12-3-1-2-4-14(12)22(15)16/h1-9,15H,10H2/t15-/m0/s1. The minimum atomic E-state index is -4.35. The number of carbonyl (C=O) groups is 1. The van der Waals surface area contributed by atoms with Crippen molar-refractivity contribution in [1.29, 1.82) is 0 Å². The second-order valence-corrected chi connectivity index (χ2v) is 5.72. The first-order valence-corrected chi connectivity index (χ1v) is 7.25. The number of ketones is 1. The number of hydrogen-bond acceptors (Lipinski definition) is 1. The highest BCUT2D eigenvalue weighted by Gasteiger charge is 2.33. The fourth-order valence-corrected chi connectivity index (χ4v) is 3.26. The molecule has 116 valence electrons. The summed E-state index contributed by atoms with van der Waals surface area (Å²) in [5.74, 6) is 0.0195. The van der Waals surface area contributed by atoms with Crippen LogP contribution in [0.2, 0.25) is 0 Å². The van der Waals surface area contributed by atoms with Gasteiger partial charge in [-0.3, -0.25) is 4.79 Å². The predicted molar refractivity (Wildman–Crippen MR) is 80.5 cm³/mol. The van der Waals surface area contributed by atoms with Gasteiger partial charge in [-0.15, -0.1) is 0 Å². The van der Waals surface area contributed by atoms with Gasteiger partial charge in [0.2, 0.25) is 0 Å². The number of benzene rings is 2. The van der Waals surface area contributed by atoms with Crippen LogP contribution in [0.25, 0.3) is 10.9 Å². The Bertz CT molecular complexity index is 906. The number of halogens is 3. The maximum absolute atomic E-state index is 12.7. The molecule has 5 heteroatoms. The maximum Gasteiger partial charge on any atom is 0.416 e. The van der Waals surface area contributed by atoms with E-state index in [0.717, 1.165) is 23.0 Å². The highest BCUT2D eigenvalue weighted by Crippen LogP contribution is 2.38. The lowest BCUT2D eigenvalue weighted by Crippen LogP contribution is -2.08. The highest BCUT2D eigenvalue weighted by molar-refractivity contribution is 6.03. The molecule has 1 aliphatic rings. The van der Waals surface area contributed by atoms with Crippen LogP contribution in [0, 0.1) is 0 Å². The minimum Gasteiger partial charge on any atom is -0.330 e. The highest BCUT2D eigenvalue weighted by atomic mass is 19.4. The largest absolute Gasteiger partial charge is 0.416 e. The molecule has 3 aromatic rings. The summed E-state index contributed by atoms with van der Waals surface area (Å²) in [6.07, 6.45) is -4.07. The first kappa shape index (κ1) is 14.1. The zero-order valence-corrected chi connectivity index (χ0v) is 12.0. The van der Waals surface area contributed by atoms with Crippen molar-refractivity contribution in [3.63, 3.8) is 0 Å². The van der Waals surface area contributed by atoms with Crippen LogP contribution in [0.4, 0.5) is 13.2 Å². The summed E-state index contributed by atoms with van der Waals surface area (Å²) in [5.41, 5.74) is 1.59. The van der Waals surface area contributed by atoms with Crippen LogP contribution in [-0.2, 0) is 6.18 Å². The summed E-state index contributed by atoms with van der Waals surface area (Å²) < 4.78 is 40.0. The summed E-state index contributed by atoms with van der Waals surface area (Å²) in [4.78, 5) is 12.2. The minimum absolute atomic E-state index is 0.0195. The molecule has 0 amide bonds. The molecule has 0 spiro atoms. The van der Waals surface area contributed by atoms with Gasteiger partial charge in [-0.2, -0.15) is 13.2 Å². The molecular formula is C18H12F3NO. The third-order valence-electron chi connectivity index (χ3n) is 4.35. The third-order valence-corrected chi connectivity index (χ3v) is 4.35. The van der Waals surface area contributed by atoms with Gasteiger partial charge in [-0.1, -0.05) is 30.3 Å². The van der Waals surface area contributed by atoms with Gasteiger partial charge in [0.25, 0.3) is 0 Å². The van der Waals surface area contributed by atoms with Gasteiger partial charge in [-0.05, 0) is 29.8 Å². The van der Waals surface area contributed by atoms with Crippen molar-refractivity contribution in [3.05, 3.63) is 71.4 Å². The molecule has 4 rings (SSSR count). The number of para-hydroxylation sites is 1. The van der Waals surface area contributed by atoms with E-state index in [1.807, 2.05) is 34.9 Å². The normalized spacial score (nSPS) is 17.7. The lowest BCUT2D eigenvalue weighted by molar-refractivity contribution is -0.137. The summed E-state index contributed by atoms with van der Waals surface area (Å²) in [6, 6.07) is 14.3. The average Bonchev–Trinajstić information content (AvgIpc) is 3.05. The van der Waals surface area contributed by atoms with Gasteiger partial charge in [-0.25, -0.2) is 0 Å². The Labute approximate surface area is 130 Å². The topological polar surface area (TPSA) is 22.0 Å². The van der Waals surface area contributed by atoms with Crippen molar-refractivity contribution in [2.45, 2.75) is 18.6 Å². The van der Waals surface area contributed by atoms with Crippen LogP contribution in [0.15, 0.2) is 54.6 Å². The Morgan fingerprint density at radius 2 is 1.70 bits per heavy atom. The van der Waals surface area contributed by atoms with Crippen molar-refractivity contribution >= 4 is 16.7 Å². The Morgan fingerprint density at radius 1 is 1.00 bits per heavy atom. The molecule has 1 aliphatic heterocycles. The number of nitrogens with zero attached hydrogens (tertiary/aromatic N) is 1. The molecule has 23 heavy (non-hydrogen) atoms. The van der Waals surface area contributed by atoms with Crippen molar-refractivity contribution < 1.29 is 18.0 Å². The summed E-state index contributed by atoms with van der Waals surface area (Å²) in [6.45, 7) is 0. The summed E-state index contributed by atoms with van der Waals surface area (Å²) in [7, 11) is 0. The van der Waals surface area contributed by atoms with Crippen molar-refractivity contribution in [2.75, 3.05) is 0 Å². The van der Waals surface area contributed by atoms with E-state index in [2.05, 4.69) is 0 Å². The van der Waals surface area contributed by atoms with Crippen molar-refractivity contribution in [2.24, 2.45) is 0 Å². The second kappa shape index (κ2) is 4.72. The number of hydrogen-bond donors (Lipinski definition) is 0. The number of rotatable bonds is 1. The van der Waals surface area contributed by atoms with E-state index in [-0.39, 0.29) is 18.2 Å². The number of aromatic nitrogens is 1. The molecule has 1 atom stereocenters. The maximum atomic E-state index is 12.7. The Balaban J connectivity index is 1.82. The van der Waals surface area contributed by atoms with Gasteiger partial charge < -0.3 is 4.57 Å². The predicted octanol–water partition coefficient (Wildman–Crippen LogP) is 4.84. The van der Waals surface area contributed by atoms with Crippen molar-refractivity contribution in [1.82, 2.24) is 4.57 Å². The fourth-order valence-electron chi connectivity index (χ4n) is 3.26. The van der Waals surface area contributed by atoms with Gasteiger partial charge in [0.15, 0.2) is 5.78 Å². The second-order valence-electron chi connectivity index (χ2n) is 5.72. The quantitative estimate of drug-likeness (QED) is 0.630. The van der Waals surface area contributed by atoms with Gasteiger partial charge in [0, 0.05) is 17.3 Å². The molecule has 2 aromatic carbocycles. The van der Waals surface area contributed by atoms with Crippen LogP contribution >= 0.6 is 0 Å². The number of carbonyl (C=O) groups excluding carboxylic acids is 1. The Hall–Kier alpha value is -2.56. The molecule has 0 fully saturated rings. The zero-order valence-electron chi connectivity index (χ0n) is 12.0. The van der Waals surface area contributed by atoms with Gasteiger partial charge in [0.05, 0.1) is 17.3 Å². The fraction of sp³-hybridized carbons (Fsp3) is 0.167. The molecule has 2 nitrogen and oxygen atoms in total. The van der Waals surface area contributed by atoms with E-state index in [0.29, 0.717) is 11.3 Å². The molecule has 0 saturated carbocycles. The van der Waals surface area contributed by atoms with Crippen LogP contribution in [0.1, 0.15) is 34.1 Å². The molecule has 0 saturated heterocycles. The summed E-state index contributed by atoms with van der Waals surface area (Å²) in [5, 5.41) is 0.965. The molecule has 0 unspecified atom stereocenters. The van der Waals surface area contributed by atoms with E-state index in [1.54, 1.807) is 0 Å². The number of fused-ring (bicyclic) bond motifs is 3. The smallest absolute Gasteiger partial charge is 0.330 e. The molecular weight excluding hydrogens is 303 g/mol. The Kier molecular flexibility index (Phi) is 2.88. The molecule has 0 bridgehead atoms. The van der Waals surface area contributed by atoms with Crippen LogP contribution in [0.3, 0.4) is 0 Å². The zero-order chi connectivity index (χ0) is 16.2. The SMILES string of the molecule is O=C1C[C@@H](c2ccc(C(F)(F)F)cc2)n2c1cc1ccccc12. The first-order valence-electron chi connectivity index (χ1n) is 7.25. The van der Waals surface area contributed by atoms with E-state index in [9.17, 15) is 18.0 Å². The van der Waals surface area contributed by atoms with Gasteiger partial charge in [0.1, 0.15) is 0 Å². The lowest BCUT2D eigenvalue weighted by Gasteiger charge is -2.16. The molecule has 0 N–H and O–H groups in total. The number of Topliss-reactive ketones (excluding diaryl/α,β-unsaturated/α-hetero) is 1. The first-order chi connectivity index (χ1) is 10.9. The average molecular weight is 315 g/mol. The van der Waals surface area contributed by atoms with Crippen LogP contribution < -0.4 is 0 Å². The molecule has 1 aromatic heterocycles. The molecule has 0 aliphatic carbocycles.